The molecule has 1 rings (SSSR count). The Morgan fingerprint density at radius 1 is 1.47 bits per heavy atom. The van der Waals surface area contributed by atoms with Crippen LogP contribution in [-0.4, -0.2) is 50.3 Å². The lowest BCUT2D eigenvalue weighted by Crippen LogP contribution is -2.47. The summed E-state index contributed by atoms with van der Waals surface area (Å²) in [6.45, 7) is 10.1. The van der Waals surface area contributed by atoms with Gasteiger partial charge in [0.25, 0.3) is 0 Å². The highest BCUT2D eigenvalue weighted by Gasteiger charge is 2.30. The monoisotopic (exact) mass is 214 g/mol. The van der Waals surface area contributed by atoms with Gasteiger partial charge in [-0.3, -0.25) is 0 Å². The average Bonchev–Trinajstić information content (AvgIpc) is 2.25. The molecule has 1 aliphatic rings. The number of likely N-dealkylation sites (tertiary alicyclic amines) is 1. The molecule has 1 fully saturated rings. The van der Waals surface area contributed by atoms with E-state index in [2.05, 4.69) is 24.1 Å². The predicted octanol–water partition coefficient (Wildman–Crippen LogP) is 1.49. The van der Waals surface area contributed by atoms with Crippen LogP contribution in [0.3, 0.4) is 0 Å². The number of nitrogens with zero attached hydrogens (tertiary/aromatic N) is 1. The topological polar surface area (TPSA) is 24.5 Å². The van der Waals surface area contributed by atoms with Gasteiger partial charge >= 0.3 is 0 Å². The third-order valence-corrected chi connectivity index (χ3v) is 3.31. The molecule has 1 N–H and O–H groups in total. The van der Waals surface area contributed by atoms with E-state index in [1.54, 1.807) is 0 Å². The summed E-state index contributed by atoms with van der Waals surface area (Å²) in [6, 6.07) is 0. The van der Waals surface area contributed by atoms with E-state index in [-0.39, 0.29) is 5.60 Å². The Morgan fingerprint density at radius 3 is 2.93 bits per heavy atom. The van der Waals surface area contributed by atoms with Gasteiger partial charge in [0.15, 0.2) is 0 Å². The SMILES string of the molecule is CCNCCCN1CCCC(C)(OC)C1. The van der Waals surface area contributed by atoms with Gasteiger partial charge in [0.2, 0.25) is 0 Å². The van der Waals surface area contributed by atoms with Gasteiger partial charge in [0.05, 0.1) is 5.60 Å². The van der Waals surface area contributed by atoms with Crippen molar-refractivity contribution in [2.75, 3.05) is 39.8 Å². The van der Waals surface area contributed by atoms with Crippen molar-refractivity contribution in [3.05, 3.63) is 0 Å². The van der Waals surface area contributed by atoms with Crippen LogP contribution in [-0.2, 0) is 4.74 Å². The maximum Gasteiger partial charge on any atom is 0.0777 e. The summed E-state index contributed by atoms with van der Waals surface area (Å²) in [5, 5.41) is 3.36. The Hall–Kier alpha value is -0.120. The maximum atomic E-state index is 5.58. The molecule has 0 aromatic rings. The number of methoxy groups -OCH3 is 1. The summed E-state index contributed by atoms with van der Waals surface area (Å²) >= 11 is 0. The van der Waals surface area contributed by atoms with Gasteiger partial charge in [-0.1, -0.05) is 6.92 Å². The second-order valence-electron chi connectivity index (χ2n) is 4.74. The number of hydrogen-bond acceptors (Lipinski definition) is 3. The third kappa shape index (κ3) is 4.49. The minimum absolute atomic E-state index is 0.0937. The zero-order valence-corrected chi connectivity index (χ0v) is 10.5. The van der Waals surface area contributed by atoms with Gasteiger partial charge in [-0.15, -0.1) is 0 Å². The molecule has 1 heterocycles. The van der Waals surface area contributed by atoms with Crippen molar-refractivity contribution in [3.63, 3.8) is 0 Å². The van der Waals surface area contributed by atoms with E-state index in [0.717, 1.165) is 19.6 Å². The van der Waals surface area contributed by atoms with Crippen molar-refractivity contribution < 1.29 is 4.74 Å². The second kappa shape index (κ2) is 6.46. The van der Waals surface area contributed by atoms with Crippen LogP contribution in [0.4, 0.5) is 0 Å². The quantitative estimate of drug-likeness (QED) is 0.678. The first kappa shape index (κ1) is 12.9. The van der Waals surface area contributed by atoms with Crippen LogP contribution in [0.2, 0.25) is 0 Å². The van der Waals surface area contributed by atoms with Gasteiger partial charge in [0, 0.05) is 13.7 Å². The van der Waals surface area contributed by atoms with E-state index in [1.807, 2.05) is 7.11 Å². The lowest BCUT2D eigenvalue weighted by Gasteiger charge is -2.39. The smallest absolute Gasteiger partial charge is 0.0777 e. The summed E-state index contributed by atoms with van der Waals surface area (Å²) < 4.78 is 5.58. The highest BCUT2D eigenvalue weighted by atomic mass is 16.5. The van der Waals surface area contributed by atoms with E-state index < -0.39 is 0 Å². The standard InChI is InChI=1S/C12H26N2O/c1-4-13-8-6-10-14-9-5-7-12(2,11-14)15-3/h13H,4-11H2,1-3H3. The molecule has 0 aromatic heterocycles. The van der Waals surface area contributed by atoms with Crippen molar-refractivity contribution in [1.82, 2.24) is 10.2 Å². The molecule has 90 valence electrons. The summed E-state index contributed by atoms with van der Waals surface area (Å²) in [4.78, 5) is 2.53. The van der Waals surface area contributed by atoms with E-state index >= 15 is 0 Å². The van der Waals surface area contributed by atoms with Crippen molar-refractivity contribution in [2.24, 2.45) is 0 Å². The molecule has 1 saturated heterocycles. The second-order valence-corrected chi connectivity index (χ2v) is 4.74. The molecule has 15 heavy (non-hydrogen) atoms. The number of piperidine rings is 1. The van der Waals surface area contributed by atoms with E-state index in [0.29, 0.717) is 0 Å². The van der Waals surface area contributed by atoms with Gasteiger partial charge in [-0.25, -0.2) is 0 Å². The van der Waals surface area contributed by atoms with Crippen LogP contribution in [0.25, 0.3) is 0 Å². The predicted molar refractivity (Wildman–Crippen MR) is 64.2 cm³/mol. The van der Waals surface area contributed by atoms with E-state index in [4.69, 9.17) is 4.74 Å². The molecule has 0 aliphatic carbocycles. The van der Waals surface area contributed by atoms with Gasteiger partial charge in [0.1, 0.15) is 0 Å². The molecule has 0 radical (unpaired) electrons. The van der Waals surface area contributed by atoms with Crippen molar-refractivity contribution >= 4 is 0 Å². The Balaban J connectivity index is 2.18. The molecular formula is C12H26N2O. The van der Waals surface area contributed by atoms with Crippen LogP contribution >= 0.6 is 0 Å². The molecular weight excluding hydrogens is 188 g/mol. The van der Waals surface area contributed by atoms with Crippen molar-refractivity contribution in [2.45, 2.75) is 38.7 Å². The van der Waals surface area contributed by atoms with E-state index in [9.17, 15) is 0 Å². The molecule has 0 bridgehead atoms. The normalized spacial score (nSPS) is 28.2. The minimum atomic E-state index is 0.0937. The summed E-state index contributed by atoms with van der Waals surface area (Å²) in [5.74, 6) is 0. The van der Waals surface area contributed by atoms with Crippen LogP contribution in [0, 0.1) is 0 Å². The molecule has 1 atom stereocenters. The molecule has 0 spiro atoms. The lowest BCUT2D eigenvalue weighted by atomic mass is 9.95. The van der Waals surface area contributed by atoms with Crippen molar-refractivity contribution in [3.8, 4) is 0 Å². The van der Waals surface area contributed by atoms with Crippen molar-refractivity contribution in [1.29, 1.82) is 0 Å². The van der Waals surface area contributed by atoms with Gasteiger partial charge < -0.3 is 15.0 Å². The third-order valence-electron chi connectivity index (χ3n) is 3.31. The van der Waals surface area contributed by atoms with Gasteiger partial charge in [-0.2, -0.15) is 0 Å². The lowest BCUT2D eigenvalue weighted by molar-refractivity contribution is -0.0506. The zero-order chi connectivity index (χ0) is 11.1. The van der Waals surface area contributed by atoms with Gasteiger partial charge in [-0.05, 0) is 52.4 Å². The Labute approximate surface area is 94.2 Å². The number of hydrogen-bond donors (Lipinski definition) is 1. The number of rotatable bonds is 6. The van der Waals surface area contributed by atoms with E-state index in [1.165, 1.54) is 32.4 Å². The Morgan fingerprint density at radius 2 is 2.27 bits per heavy atom. The first-order chi connectivity index (χ1) is 7.20. The first-order valence-corrected chi connectivity index (χ1v) is 6.18. The molecule has 3 nitrogen and oxygen atoms in total. The summed E-state index contributed by atoms with van der Waals surface area (Å²) in [5.41, 5.74) is 0.0937. The Kier molecular flexibility index (Phi) is 5.58. The largest absolute Gasteiger partial charge is 0.377 e. The molecule has 1 aliphatic heterocycles. The minimum Gasteiger partial charge on any atom is -0.377 e. The fraction of sp³-hybridized carbons (Fsp3) is 1.00. The summed E-state index contributed by atoms with van der Waals surface area (Å²) in [6.07, 6.45) is 3.71. The molecule has 1 unspecified atom stereocenters. The number of ether oxygens (including phenoxy) is 1. The van der Waals surface area contributed by atoms with Crippen LogP contribution in [0.5, 0.6) is 0 Å². The maximum absolute atomic E-state index is 5.58. The molecule has 0 saturated carbocycles. The molecule has 0 amide bonds. The highest BCUT2D eigenvalue weighted by Crippen LogP contribution is 2.23. The van der Waals surface area contributed by atoms with Crippen LogP contribution < -0.4 is 5.32 Å². The fourth-order valence-electron chi connectivity index (χ4n) is 2.27. The van der Waals surface area contributed by atoms with Crippen LogP contribution in [0.1, 0.15) is 33.1 Å². The molecule has 0 aromatic carbocycles. The highest BCUT2D eigenvalue weighted by molar-refractivity contribution is 4.84. The Bertz CT molecular complexity index is 175. The molecule has 3 heteroatoms. The zero-order valence-electron chi connectivity index (χ0n) is 10.5. The average molecular weight is 214 g/mol. The summed E-state index contributed by atoms with van der Waals surface area (Å²) in [7, 11) is 1.84. The fourth-order valence-corrected chi connectivity index (χ4v) is 2.27. The van der Waals surface area contributed by atoms with Crippen LogP contribution in [0.15, 0.2) is 0 Å². The first-order valence-electron chi connectivity index (χ1n) is 6.18. The number of nitrogens with one attached hydrogen (secondary N) is 1.